The minimum atomic E-state index is -4.27. The summed E-state index contributed by atoms with van der Waals surface area (Å²) in [6, 6.07) is -1.16. The molecule has 2 N–H and O–H groups in total. The fourth-order valence-corrected chi connectivity index (χ4v) is 2.99. The Kier molecular flexibility index (Phi) is 5.09. The highest BCUT2D eigenvalue weighted by Gasteiger charge is 2.44. The van der Waals surface area contributed by atoms with Gasteiger partial charge in [0.15, 0.2) is 0 Å². The first-order valence-electron chi connectivity index (χ1n) is 5.54. The van der Waals surface area contributed by atoms with Crippen molar-refractivity contribution in [3.8, 4) is 0 Å². The fraction of sp³-hybridized carbons (Fsp3) is 0.778. The third-order valence-electron chi connectivity index (χ3n) is 2.50. The van der Waals surface area contributed by atoms with Gasteiger partial charge in [-0.15, -0.1) is 0 Å². The summed E-state index contributed by atoms with van der Waals surface area (Å²) in [6.45, 7) is 1.22. The van der Waals surface area contributed by atoms with Gasteiger partial charge in [-0.1, -0.05) is 0 Å². The topological polar surface area (TPSA) is 122 Å². The molecule has 10 heteroatoms. The van der Waals surface area contributed by atoms with Gasteiger partial charge in [0, 0.05) is 13.0 Å². The smallest absolute Gasteiger partial charge is 0.421 e. The summed E-state index contributed by atoms with van der Waals surface area (Å²) in [5.74, 6) is -0.800. The molecule has 9 nitrogen and oxygen atoms in total. The van der Waals surface area contributed by atoms with E-state index in [1.807, 2.05) is 0 Å². The Balaban J connectivity index is 2.86. The van der Waals surface area contributed by atoms with Gasteiger partial charge in [0.25, 0.3) is 0 Å². The number of hydrogen-bond acceptors (Lipinski definition) is 7. The van der Waals surface area contributed by atoms with Crippen LogP contribution in [-0.4, -0.2) is 62.3 Å². The Morgan fingerprint density at radius 3 is 2.63 bits per heavy atom. The SMILES string of the molecule is CCOC(=O)NS(=O)(=O)N1CC(O)CC1C(=O)OC. The highest BCUT2D eigenvalue weighted by atomic mass is 32.2. The van der Waals surface area contributed by atoms with E-state index in [-0.39, 0.29) is 19.6 Å². The van der Waals surface area contributed by atoms with Gasteiger partial charge in [-0.3, -0.25) is 4.79 Å². The van der Waals surface area contributed by atoms with Crippen molar-refractivity contribution in [2.24, 2.45) is 0 Å². The number of aliphatic hydroxyl groups is 1. The number of nitrogens with one attached hydrogen (secondary N) is 1. The number of aliphatic hydroxyl groups excluding tert-OH is 1. The van der Waals surface area contributed by atoms with Crippen LogP contribution in [0.15, 0.2) is 0 Å². The van der Waals surface area contributed by atoms with Crippen LogP contribution in [0, 0.1) is 0 Å². The molecule has 0 aromatic carbocycles. The number of ether oxygens (including phenoxy) is 2. The van der Waals surface area contributed by atoms with E-state index in [4.69, 9.17) is 0 Å². The first-order valence-corrected chi connectivity index (χ1v) is 6.98. The van der Waals surface area contributed by atoms with Gasteiger partial charge in [0.1, 0.15) is 6.04 Å². The summed E-state index contributed by atoms with van der Waals surface area (Å²) in [5.41, 5.74) is 0. The van der Waals surface area contributed by atoms with E-state index in [9.17, 15) is 23.1 Å². The average molecular weight is 296 g/mol. The molecule has 0 spiro atoms. The zero-order valence-electron chi connectivity index (χ0n) is 10.5. The molecule has 1 fully saturated rings. The summed E-state index contributed by atoms with van der Waals surface area (Å²) >= 11 is 0. The van der Waals surface area contributed by atoms with E-state index >= 15 is 0 Å². The summed E-state index contributed by atoms with van der Waals surface area (Å²) in [7, 11) is -3.16. The number of nitrogens with zero attached hydrogens (tertiary/aromatic N) is 1. The second-order valence-corrected chi connectivity index (χ2v) is 5.45. The third kappa shape index (κ3) is 3.78. The second kappa shape index (κ2) is 6.17. The molecule has 1 rings (SSSR count). The Morgan fingerprint density at radius 2 is 2.11 bits per heavy atom. The number of esters is 1. The molecule has 0 radical (unpaired) electrons. The maximum atomic E-state index is 11.9. The lowest BCUT2D eigenvalue weighted by atomic mass is 10.2. The Labute approximate surface area is 110 Å². The van der Waals surface area contributed by atoms with Gasteiger partial charge in [-0.2, -0.15) is 12.7 Å². The van der Waals surface area contributed by atoms with Crippen molar-refractivity contribution >= 4 is 22.3 Å². The van der Waals surface area contributed by atoms with Crippen LogP contribution in [0.5, 0.6) is 0 Å². The zero-order valence-corrected chi connectivity index (χ0v) is 11.3. The van der Waals surface area contributed by atoms with E-state index in [2.05, 4.69) is 9.47 Å². The normalized spacial score (nSPS) is 23.9. The number of carbonyl (C=O) groups excluding carboxylic acids is 2. The molecule has 1 aliphatic heterocycles. The average Bonchev–Trinajstić information content (AvgIpc) is 2.70. The van der Waals surface area contributed by atoms with Gasteiger partial charge in [0.2, 0.25) is 0 Å². The first-order chi connectivity index (χ1) is 8.81. The fourth-order valence-electron chi connectivity index (χ4n) is 1.72. The molecule has 1 aliphatic rings. The van der Waals surface area contributed by atoms with E-state index in [1.54, 1.807) is 4.72 Å². The highest BCUT2D eigenvalue weighted by Crippen LogP contribution is 2.21. The summed E-state index contributed by atoms with van der Waals surface area (Å²) in [6.07, 6.45) is -2.23. The first kappa shape index (κ1) is 15.7. The van der Waals surface area contributed by atoms with Gasteiger partial charge in [-0.05, 0) is 6.92 Å². The van der Waals surface area contributed by atoms with Crippen LogP contribution in [0.4, 0.5) is 4.79 Å². The molecule has 2 atom stereocenters. The molecule has 1 saturated heterocycles. The van der Waals surface area contributed by atoms with Crippen LogP contribution in [0.25, 0.3) is 0 Å². The number of hydrogen-bond donors (Lipinski definition) is 2. The van der Waals surface area contributed by atoms with E-state index in [0.717, 1.165) is 7.11 Å². The molecular weight excluding hydrogens is 280 g/mol. The Morgan fingerprint density at radius 1 is 1.47 bits per heavy atom. The number of β-amino-alcohol motifs (C(OH)–C–C–N with tert-alkyl or cyclic N) is 1. The zero-order chi connectivity index (χ0) is 14.6. The Hall–Kier alpha value is -1.39. The maximum Gasteiger partial charge on any atom is 0.421 e. The van der Waals surface area contributed by atoms with Gasteiger partial charge in [0.05, 0.1) is 19.8 Å². The lowest BCUT2D eigenvalue weighted by molar-refractivity contribution is -0.144. The molecule has 2 unspecified atom stereocenters. The van der Waals surface area contributed by atoms with Crippen LogP contribution < -0.4 is 4.72 Å². The maximum absolute atomic E-state index is 11.9. The van der Waals surface area contributed by atoms with Crippen LogP contribution in [0.3, 0.4) is 0 Å². The predicted octanol–water partition coefficient (Wildman–Crippen LogP) is -1.41. The molecule has 0 saturated carbocycles. The minimum Gasteiger partial charge on any atom is -0.468 e. The van der Waals surface area contributed by atoms with E-state index in [0.29, 0.717) is 4.31 Å². The third-order valence-corrected chi connectivity index (χ3v) is 3.95. The second-order valence-electron chi connectivity index (χ2n) is 3.83. The lowest BCUT2D eigenvalue weighted by Gasteiger charge is -2.21. The highest BCUT2D eigenvalue weighted by molar-refractivity contribution is 7.87. The van der Waals surface area contributed by atoms with Crippen molar-refractivity contribution in [1.29, 1.82) is 0 Å². The molecule has 0 aromatic rings. The lowest BCUT2D eigenvalue weighted by Crippen LogP contribution is -2.48. The summed E-state index contributed by atoms with van der Waals surface area (Å²) < 4.78 is 35.0. The van der Waals surface area contributed by atoms with Crippen molar-refractivity contribution in [2.45, 2.75) is 25.5 Å². The standard InChI is InChI=1S/C9H16N2O7S/c1-3-18-9(14)10-19(15,16)11-5-6(12)4-7(11)8(13)17-2/h6-7,12H,3-5H2,1-2H3,(H,10,14). The Bertz CT molecular complexity index is 449. The molecule has 1 heterocycles. The van der Waals surface area contributed by atoms with Crippen molar-refractivity contribution in [3.05, 3.63) is 0 Å². The van der Waals surface area contributed by atoms with Gasteiger partial charge in [-0.25, -0.2) is 9.52 Å². The summed E-state index contributed by atoms with van der Waals surface area (Å²) in [5, 5.41) is 9.46. The monoisotopic (exact) mass is 296 g/mol. The molecule has 0 aliphatic carbocycles. The van der Waals surface area contributed by atoms with Crippen molar-refractivity contribution in [1.82, 2.24) is 9.03 Å². The summed E-state index contributed by atoms with van der Waals surface area (Å²) in [4.78, 5) is 22.6. The van der Waals surface area contributed by atoms with Crippen LogP contribution in [0.1, 0.15) is 13.3 Å². The van der Waals surface area contributed by atoms with Crippen molar-refractivity contribution in [3.63, 3.8) is 0 Å². The minimum absolute atomic E-state index is 0.00437. The molecule has 0 bridgehead atoms. The van der Waals surface area contributed by atoms with Crippen molar-refractivity contribution < 1.29 is 32.6 Å². The molecule has 0 aromatic heterocycles. The largest absolute Gasteiger partial charge is 0.468 e. The number of carbonyl (C=O) groups is 2. The molecule has 110 valence electrons. The molecule has 1 amide bonds. The number of amides is 1. The van der Waals surface area contributed by atoms with Gasteiger partial charge < -0.3 is 14.6 Å². The quantitative estimate of drug-likeness (QED) is 0.611. The van der Waals surface area contributed by atoms with E-state index in [1.165, 1.54) is 6.92 Å². The molecule has 19 heavy (non-hydrogen) atoms. The number of rotatable bonds is 4. The number of methoxy groups -OCH3 is 1. The van der Waals surface area contributed by atoms with Crippen LogP contribution in [-0.2, 0) is 24.5 Å². The molecular formula is C9H16N2O7S. The van der Waals surface area contributed by atoms with Gasteiger partial charge >= 0.3 is 22.3 Å². The van der Waals surface area contributed by atoms with Crippen LogP contribution in [0.2, 0.25) is 0 Å². The predicted molar refractivity (Wildman–Crippen MR) is 62.2 cm³/mol. The van der Waals surface area contributed by atoms with Crippen molar-refractivity contribution in [2.75, 3.05) is 20.3 Å². The van der Waals surface area contributed by atoms with E-state index < -0.39 is 34.4 Å². The van der Waals surface area contributed by atoms with Crippen LogP contribution >= 0.6 is 0 Å².